The Kier molecular flexibility index (Phi) is 16.5. The molecule has 0 heterocycles. The molecule has 0 saturated carbocycles. The summed E-state index contributed by atoms with van der Waals surface area (Å²) in [5.74, 6) is 0. The second kappa shape index (κ2) is 20.7. The van der Waals surface area contributed by atoms with Gasteiger partial charge in [-0.25, -0.2) is 0 Å². The predicted octanol–water partition coefficient (Wildman–Crippen LogP) is 15.9. The van der Waals surface area contributed by atoms with Crippen LogP contribution in [0.4, 0.5) is 0 Å². The third-order valence-corrected chi connectivity index (χ3v) is 8.00. The third kappa shape index (κ3) is 16.3. The lowest BCUT2D eigenvalue weighted by atomic mass is 9.82. The normalized spacial score (nSPS) is 10.8. The SMILES string of the molecule is CC(C)(C)C.CC(C)(C)c1ccc(-c2ccccc2)cc1.CC(C)(C)c1ccccc1-c1ccccc1.c1ccc2ccccc2c1.c1ccccc1. The molecule has 0 unspecified atom stereocenters. The number of hydrogen-bond donors (Lipinski definition) is 0. The van der Waals surface area contributed by atoms with Crippen LogP contribution in [0.5, 0.6) is 0 Å². The molecule has 7 rings (SSSR count). The van der Waals surface area contributed by atoms with Gasteiger partial charge < -0.3 is 0 Å². The van der Waals surface area contributed by atoms with Gasteiger partial charge >= 0.3 is 0 Å². The Balaban J connectivity index is 0.000000191. The van der Waals surface area contributed by atoms with Crippen LogP contribution in [0.25, 0.3) is 33.0 Å². The third-order valence-electron chi connectivity index (χ3n) is 8.00. The molecule has 0 nitrogen and oxygen atoms in total. The summed E-state index contributed by atoms with van der Waals surface area (Å²) in [5.41, 5.74) is 8.91. The summed E-state index contributed by atoms with van der Waals surface area (Å²) in [6.07, 6.45) is 0. The molecule has 7 aromatic rings. The Bertz CT molecular complexity index is 1880. The Morgan fingerprint density at radius 1 is 0.264 bits per heavy atom. The summed E-state index contributed by atoms with van der Waals surface area (Å²) < 4.78 is 0. The molecular formula is C53H62. The van der Waals surface area contributed by atoms with Crippen LogP contribution in [-0.4, -0.2) is 0 Å². The van der Waals surface area contributed by atoms with Crippen LogP contribution in [0.1, 0.15) is 80.4 Å². The van der Waals surface area contributed by atoms with Crippen LogP contribution in [0, 0.1) is 5.41 Å². The average molecular weight is 699 g/mol. The first kappa shape index (κ1) is 42.2. The van der Waals surface area contributed by atoms with Crippen molar-refractivity contribution in [2.24, 2.45) is 5.41 Å². The maximum atomic E-state index is 2.26. The molecule has 53 heavy (non-hydrogen) atoms. The van der Waals surface area contributed by atoms with E-state index >= 15 is 0 Å². The number of benzene rings is 7. The molecule has 0 amide bonds. The van der Waals surface area contributed by atoms with Crippen LogP contribution in [0.3, 0.4) is 0 Å². The van der Waals surface area contributed by atoms with E-state index in [2.05, 4.69) is 221 Å². The maximum absolute atomic E-state index is 2.26. The van der Waals surface area contributed by atoms with Crippen LogP contribution in [0.2, 0.25) is 0 Å². The first-order chi connectivity index (χ1) is 25.1. The van der Waals surface area contributed by atoms with E-state index in [0.29, 0.717) is 5.41 Å². The summed E-state index contributed by atoms with van der Waals surface area (Å²) in [6.45, 7) is 22.2. The fraction of sp³-hybridized carbons (Fsp3) is 0.245. The zero-order valence-corrected chi connectivity index (χ0v) is 34.0. The molecule has 0 aliphatic rings. The lowest BCUT2D eigenvalue weighted by Crippen LogP contribution is -2.12. The standard InChI is InChI=1S/2C16H18.C10H8.C6H6.C5H12/c1-16(2,3)15-12-8-7-11-14(15)13-9-5-4-6-10-13;1-16(2,3)15-11-9-14(10-12-15)13-7-5-4-6-8-13;1-2-6-10-8-4-3-7-9(10)5-1;1-2-4-6-5-3-1;1-5(2,3)4/h2*4-12H,1-3H3;1-8H;1-6H;1-4H3. The fourth-order valence-corrected chi connectivity index (χ4v) is 5.32. The maximum Gasteiger partial charge on any atom is -0.0126 e. The molecule has 0 aliphatic carbocycles. The Hall–Kier alpha value is -5.20. The van der Waals surface area contributed by atoms with E-state index in [1.54, 1.807) is 0 Å². The quantitative estimate of drug-likeness (QED) is 0.169. The first-order valence-corrected chi connectivity index (χ1v) is 18.9. The molecule has 0 spiro atoms. The van der Waals surface area contributed by atoms with Gasteiger partial charge in [-0.1, -0.05) is 263 Å². The van der Waals surface area contributed by atoms with Gasteiger partial charge in [0.1, 0.15) is 0 Å². The van der Waals surface area contributed by atoms with E-state index in [1.165, 1.54) is 44.2 Å². The molecular weight excluding hydrogens is 637 g/mol. The Morgan fingerprint density at radius 3 is 0.943 bits per heavy atom. The minimum absolute atomic E-state index is 0.187. The molecule has 274 valence electrons. The van der Waals surface area contributed by atoms with Gasteiger partial charge in [0, 0.05) is 0 Å². The number of hydrogen-bond acceptors (Lipinski definition) is 0. The molecule has 0 aromatic heterocycles. The second-order valence-electron chi connectivity index (χ2n) is 16.9. The zero-order chi connectivity index (χ0) is 38.7. The van der Waals surface area contributed by atoms with E-state index in [1.807, 2.05) is 42.5 Å². The first-order valence-electron chi connectivity index (χ1n) is 18.9. The fourth-order valence-electron chi connectivity index (χ4n) is 5.32. The monoisotopic (exact) mass is 698 g/mol. The predicted molar refractivity (Wildman–Crippen MR) is 237 cm³/mol. The molecule has 0 saturated heterocycles. The summed E-state index contributed by atoms with van der Waals surface area (Å²) >= 11 is 0. The number of rotatable bonds is 2. The van der Waals surface area contributed by atoms with Crippen molar-refractivity contribution in [1.29, 1.82) is 0 Å². The number of fused-ring (bicyclic) bond motifs is 1. The molecule has 0 bridgehead atoms. The van der Waals surface area contributed by atoms with Gasteiger partial charge in [0.25, 0.3) is 0 Å². The molecule has 0 atom stereocenters. The van der Waals surface area contributed by atoms with Crippen LogP contribution < -0.4 is 0 Å². The van der Waals surface area contributed by atoms with Gasteiger partial charge in [-0.2, -0.15) is 0 Å². The summed E-state index contributed by atoms with van der Waals surface area (Å²) in [4.78, 5) is 0. The van der Waals surface area contributed by atoms with Crippen molar-refractivity contribution < 1.29 is 0 Å². The van der Waals surface area contributed by atoms with E-state index in [9.17, 15) is 0 Å². The Labute approximate surface area is 322 Å². The van der Waals surface area contributed by atoms with Gasteiger partial charge in [-0.05, 0) is 60.4 Å². The highest BCUT2D eigenvalue weighted by atomic mass is 14.2. The smallest absolute Gasteiger partial charge is 0.0126 e. The highest BCUT2D eigenvalue weighted by Gasteiger charge is 2.17. The summed E-state index contributed by atoms with van der Waals surface area (Å²) in [6, 6.07) is 67.3. The van der Waals surface area contributed by atoms with E-state index in [-0.39, 0.29) is 10.8 Å². The zero-order valence-electron chi connectivity index (χ0n) is 34.0. The largest absolute Gasteiger partial charge is 0.0623 e. The van der Waals surface area contributed by atoms with E-state index in [4.69, 9.17) is 0 Å². The van der Waals surface area contributed by atoms with Gasteiger partial charge in [-0.3, -0.25) is 0 Å². The second-order valence-corrected chi connectivity index (χ2v) is 16.9. The van der Waals surface area contributed by atoms with Crippen molar-refractivity contribution >= 4 is 10.8 Å². The molecule has 0 N–H and O–H groups in total. The average Bonchev–Trinajstić information content (AvgIpc) is 3.16. The molecule has 0 aliphatic heterocycles. The molecule has 0 fully saturated rings. The Morgan fingerprint density at radius 2 is 0.566 bits per heavy atom. The highest BCUT2D eigenvalue weighted by Crippen LogP contribution is 2.32. The van der Waals surface area contributed by atoms with Gasteiger partial charge in [0.15, 0.2) is 0 Å². The molecule has 0 radical (unpaired) electrons. The van der Waals surface area contributed by atoms with Gasteiger partial charge in [-0.15, -0.1) is 0 Å². The minimum atomic E-state index is 0.187. The van der Waals surface area contributed by atoms with Crippen molar-refractivity contribution in [3.63, 3.8) is 0 Å². The van der Waals surface area contributed by atoms with Crippen molar-refractivity contribution in [3.8, 4) is 22.3 Å². The van der Waals surface area contributed by atoms with E-state index in [0.717, 1.165) is 0 Å². The molecule has 7 aromatic carbocycles. The lowest BCUT2D eigenvalue weighted by Gasteiger charge is -2.23. The van der Waals surface area contributed by atoms with Crippen LogP contribution in [-0.2, 0) is 10.8 Å². The summed E-state index contributed by atoms with van der Waals surface area (Å²) in [7, 11) is 0. The topological polar surface area (TPSA) is 0 Å². The van der Waals surface area contributed by atoms with E-state index < -0.39 is 0 Å². The molecule has 0 heteroatoms. The summed E-state index contributed by atoms with van der Waals surface area (Å²) in [5, 5.41) is 2.62. The van der Waals surface area contributed by atoms with Crippen LogP contribution >= 0.6 is 0 Å². The van der Waals surface area contributed by atoms with Crippen molar-refractivity contribution in [2.75, 3.05) is 0 Å². The minimum Gasteiger partial charge on any atom is -0.0623 e. The van der Waals surface area contributed by atoms with Gasteiger partial charge in [0.05, 0.1) is 0 Å². The van der Waals surface area contributed by atoms with Crippen molar-refractivity contribution in [1.82, 2.24) is 0 Å². The van der Waals surface area contributed by atoms with Crippen LogP contribution in [0.15, 0.2) is 194 Å². The highest BCUT2D eigenvalue weighted by molar-refractivity contribution is 5.82. The van der Waals surface area contributed by atoms with Gasteiger partial charge in [0.2, 0.25) is 0 Å². The van der Waals surface area contributed by atoms with Crippen molar-refractivity contribution in [3.05, 3.63) is 205 Å². The lowest BCUT2D eigenvalue weighted by molar-refractivity contribution is 0.469. The van der Waals surface area contributed by atoms with Crippen molar-refractivity contribution in [2.45, 2.75) is 80.1 Å².